The molecular weight excluding hydrogens is 364 g/mol. The molecule has 0 spiro atoms. The molecule has 1 aromatic rings. The van der Waals surface area contributed by atoms with Crippen LogP contribution in [0.15, 0.2) is 12.2 Å². The summed E-state index contributed by atoms with van der Waals surface area (Å²) >= 11 is 1.43. The minimum absolute atomic E-state index is 0.0471. The molecule has 7 heteroatoms. The molecule has 1 aromatic heterocycles. The second-order valence-corrected chi connectivity index (χ2v) is 8.92. The van der Waals surface area contributed by atoms with Crippen LogP contribution in [-0.4, -0.2) is 22.9 Å². The highest BCUT2D eigenvalue weighted by Gasteiger charge is 2.51. The van der Waals surface area contributed by atoms with Crippen LogP contribution in [0.3, 0.4) is 0 Å². The van der Waals surface area contributed by atoms with Gasteiger partial charge in [0.1, 0.15) is 5.00 Å². The molecule has 1 saturated carbocycles. The first-order chi connectivity index (χ1) is 13.0. The van der Waals surface area contributed by atoms with Gasteiger partial charge in [-0.05, 0) is 49.5 Å². The predicted molar refractivity (Wildman–Crippen MR) is 103 cm³/mol. The van der Waals surface area contributed by atoms with Crippen molar-refractivity contribution in [2.75, 3.05) is 5.32 Å². The zero-order valence-electron chi connectivity index (χ0n) is 15.1. The summed E-state index contributed by atoms with van der Waals surface area (Å²) < 4.78 is 0. The maximum atomic E-state index is 13.0. The van der Waals surface area contributed by atoms with E-state index >= 15 is 0 Å². The van der Waals surface area contributed by atoms with Crippen molar-refractivity contribution >= 4 is 34.1 Å². The topological polar surface area (TPSA) is 109 Å². The van der Waals surface area contributed by atoms with Crippen LogP contribution in [-0.2, 0) is 22.4 Å². The second-order valence-electron chi connectivity index (χ2n) is 7.81. The molecule has 0 saturated heterocycles. The number of hydrogen-bond acceptors (Lipinski definition) is 4. The molecule has 1 fully saturated rings. The summed E-state index contributed by atoms with van der Waals surface area (Å²) in [5.74, 6) is -3.18. The molecule has 0 aliphatic heterocycles. The second kappa shape index (κ2) is 7.11. The summed E-state index contributed by atoms with van der Waals surface area (Å²) in [5, 5.41) is 13.0. The van der Waals surface area contributed by atoms with Crippen molar-refractivity contribution in [2.45, 2.75) is 44.9 Å². The average molecular weight is 388 g/mol. The fourth-order valence-electron chi connectivity index (χ4n) is 4.98. The quantitative estimate of drug-likeness (QED) is 0.689. The Bertz CT molecular complexity index is 828. The van der Waals surface area contributed by atoms with Crippen LogP contribution in [0.1, 0.15) is 52.9 Å². The van der Waals surface area contributed by atoms with Crippen molar-refractivity contribution in [1.82, 2.24) is 0 Å². The van der Waals surface area contributed by atoms with Crippen molar-refractivity contribution in [3.05, 3.63) is 28.2 Å². The number of primary amides is 1. The molecule has 0 radical (unpaired) electrons. The molecule has 1 heterocycles. The predicted octanol–water partition coefficient (Wildman–Crippen LogP) is 2.97. The number of allylic oxidation sites excluding steroid dienone is 2. The number of rotatable bonds is 4. The first-order valence-electron chi connectivity index (χ1n) is 9.63. The molecule has 4 rings (SSSR count). The van der Waals surface area contributed by atoms with E-state index in [1.54, 1.807) is 0 Å². The molecule has 3 aliphatic carbocycles. The number of thiophene rings is 1. The molecule has 2 amide bonds. The molecular formula is C20H24N2O4S. The van der Waals surface area contributed by atoms with Gasteiger partial charge >= 0.3 is 5.97 Å². The number of aryl methyl sites for hydroxylation is 1. The average Bonchev–Trinajstić information content (AvgIpc) is 3.27. The third-order valence-corrected chi connectivity index (χ3v) is 7.41. The smallest absolute Gasteiger partial charge is 0.307 e. The summed E-state index contributed by atoms with van der Waals surface area (Å²) in [4.78, 5) is 37.9. The zero-order chi connectivity index (χ0) is 19.1. The number of fused-ring (bicyclic) bond motifs is 3. The van der Waals surface area contributed by atoms with Crippen LogP contribution in [0, 0.1) is 23.7 Å². The number of nitrogens with two attached hydrogens (primary N) is 1. The molecule has 2 bridgehead atoms. The summed E-state index contributed by atoms with van der Waals surface area (Å²) in [6.07, 6.45) is 10.6. The lowest BCUT2D eigenvalue weighted by atomic mass is 9.82. The van der Waals surface area contributed by atoms with E-state index in [0.29, 0.717) is 17.0 Å². The van der Waals surface area contributed by atoms with Crippen LogP contribution in [0.25, 0.3) is 0 Å². The number of carbonyl (C=O) groups excluding carboxylic acids is 2. The monoisotopic (exact) mass is 388 g/mol. The van der Waals surface area contributed by atoms with Crippen molar-refractivity contribution in [1.29, 1.82) is 0 Å². The normalized spacial score (nSPS) is 29.0. The molecule has 0 aromatic carbocycles. The van der Waals surface area contributed by atoms with Gasteiger partial charge in [0.25, 0.3) is 5.91 Å². The Balaban J connectivity index is 1.63. The number of nitrogens with one attached hydrogen (secondary N) is 1. The van der Waals surface area contributed by atoms with Gasteiger partial charge in [-0.15, -0.1) is 11.3 Å². The van der Waals surface area contributed by atoms with Gasteiger partial charge < -0.3 is 16.2 Å². The molecule has 4 N–H and O–H groups in total. The first-order valence-corrected chi connectivity index (χ1v) is 10.5. The van der Waals surface area contributed by atoms with E-state index in [4.69, 9.17) is 5.73 Å². The van der Waals surface area contributed by atoms with Crippen molar-refractivity contribution < 1.29 is 19.5 Å². The number of carbonyl (C=O) groups is 3. The van der Waals surface area contributed by atoms with E-state index in [1.807, 2.05) is 12.2 Å². The number of carboxylic acid groups (broad SMARTS) is 1. The number of carboxylic acids is 1. The van der Waals surface area contributed by atoms with Crippen LogP contribution >= 0.6 is 11.3 Å². The Labute approximate surface area is 161 Å². The minimum Gasteiger partial charge on any atom is -0.481 e. The summed E-state index contributed by atoms with van der Waals surface area (Å²) in [6, 6.07) is 0. The van der Waals surface area contributed by atoms with Gasteiger partial charge in [0.2, 0.25) is 5.91 Å². The van der Waals surface area contributed by atoms with Crippen LogP contribution in [0.4, 0.5) is 5.00 Å². The SMILES string of the molecule is NC(=O)c1c(NC(=O)[C@H]2[C@@H](C(=O)O)[C@H]3C=C[C@@H]2C3)sc2c1CCCCCC2. The summed E-state index contributed by atoms with van der Waals surface area (Å²) in [5.41, 5.74) is 7.05. The first kappa shape index (κ1) is 18.2. The highest BCUT2D eigenvalue weighted by molar-refractivity contribution is 7.17. The fourth-order valence-corrected chi connectivity index (χ4v) is 6.28. The van der Waals surface area contributed by atoms with Crippen molar-refractivity contribution in [3.63, 3.8) is 0 Å². The zero-order valence-corrected chi connectivity index (χ0v) is 15.9. The summed E-state index contributed by atoms with van der Waals surface area (Å²) in [6.45, 7) is 0. The lowest BCUT2D eigenvalue weighted by molar-refractivity contribution is -0.146. The highest BCUT2D eigenvalue weighted by atomic mass is 32.1. The number of anilines is 1. The van der Waals surface area contributed by atoms with Crippen LogP contribution < -0.4 is 11.1 Å². The Morgan fingerprint density at radius 1 is 1.04 bits per heavy atom. The maximum absolute atomic E-state index is 13.0. The third-order valence-electron chi connectivity index (χ3n) is 6.20. The van der Waals surface area contributed by atoms with Gasteiger partial charge in [-0.1, -0.05) is 25.0 Å². The third kappa shape index (κ3) is 3.18. The molecule has 144 valence electrons. The lowest BCUT2D eigenvalue weighted by Crippen LogP contribution is -2.36. The minimum atomic E-state index is -0.930. The lowest BCUT2D eigenvalue weighted by Gasteiger charge is -2.23. The Hall–Kier alpha value is -2.15. The maximum Gasteiger partial charge on any atom is 0.307 e. The summed E-state index contributed by atoms with van der Waals surface area (Å²) in [7, 11) is 0. The standard InChI is InChI=1S/C20H24N2O4S/c21-17(23)16-12-5-3-1-2-4-6-13(12)27-19(16)22-18(24)14-10-7-8-11(9-10)15(14)20(25)26/h7-8,10-11,14-15H,1-6,9H2,(H2,21,23)(H,22,24)(H,25,26)/t10-,11+,14-,15+/m1/s1. The van der Waals surface area contributed by atoms with Crippen LogP contribution in [0.2, 0.25) is 0 Å². The van der Waals surface area contributed by atoms with E-state index in [0.717, 1.165) is 42.5 Å². The van der Waals surface area contributed by atoms with Gasteiger partial charge in [-0.25, -0.2) is 0 Å². The molecule has 0 unspecified atom stereocenters. The molecule has 27 heavy (non-hydrogen) atoms. The van der Waals surface area contributed by atoms with E-state index in [2.05, 4.69) is 5.32 Å². The van der Waals surface area contributed by atoms with Crippen molar-refractivity contribution in [2.24, 2.45) is 29.4 Å². The van der Waals surface area contributed by atoms with E-state index < -0.39 is 23.7 Å². The Morgan fingerprint density at radius 3 is 2.37 bits per heavy atom. The van der Waals surface area contributed by atoms with Crippen molar-refractivity contribution in [3.8, 4) is 0 Å². The Morgan fingerprint density at radius 2 is 1.70 bits per heavy atom. The van der Waals surface area contributed by atoms with Gasteiger partial charge in [-0.2, -0.15) is 0 Å². The van der Waals surface area contributed by atoms with E-state index in [-0.39, 0.29) is 17.7 Å². The van der Waals surface area contributed by atoms with Gasteiger partial charge in [0.15, 0.2) is 0 Å². The molecule has 6 nitrogen and oxygen atoms in total. The highest BCUT2D eigenvalue weighted by Crippen LogP contribution is 2.49. The number of aliphatic carboxylic acids is 1. The van der Waals surface area contributed by atoms with E-state index in [1.165, 1.54) is 17.8 Å². The van der Waals surface area contributed by atoms with Gasteiger partial charge in [0, 0.05) is 4.88 Å². The number of amides is 2. The van der Waals surface area contributed by atoms with Gasteiger partial charge in [0.05, 0.1) is 17.4 Å². The van der Waals surface area contributed by atoms with Crippen LogP contribution in [0.5, 0.6) is 0 Å². The Kier molecular flexibility index (Phi) is 4.80. The van der Waals surface area contributed by atoms with E-state index in [9.17, 15) is 19.5 Å². The fraction of sp³-hybridized carbons (Fsp3) is 0.550. The largest absolute Gasteiger partial charge is 0.481 e. The number of hydrogen-bond donors (Lipinski definition) is 3. The molecule has 3 aliphatic rings. The molecule has 4 atom stereocenters. The van der Waals surface area contributed by atoms with Gasteiger partial charge in [-0.3, -0.25) is 14.4 Å².